The minimum atomic E-state index is -1.63. The number of carbonyl (C=O) groups is 2. The van der Waals surface area contributed by atoms with Crippen LogP contribution in [0.4, 0.5) is 9.59 Å². The van der Waals surface area contributed by atoms with E-state index in [-0.39, 0.29) is 18.5 Å². The maximum absolute atomic E-state index is 11.5. The van der Waals surface area contributed by atoms with Gasteiger partial charge in [-0.2, -0.15) is 10.0 Å². The summed E-state index contributed by atoms with van der Waals surface area (Å²) in [7, 11) is 3.07. The monoisotopic (exact) mass is 842 g/mol. The quantitative estimate of drug-likeness (QED) is 0.0471. The van der Waals surface area contributed by atoms with Crippen LogP contribution in [0.3, 0.4) is 0 Å². The number of aliphatic hydroxyl groups is 4. The van der Waals surface area contributed by atoms with Crippen molar-refractivity contribution in [3.63, 3.8) is 0 Å². The fourth-order valence-electron chi connectivity index (χ4n) is 5.13. The Morgan fingerprint density at radius 3 is 1.71 bits per heavy atom. The zero-order chi connectivity index (χ0) is 38.8. The number of urea groups is 2. The van der Waals surface area contributed by atoms with E-state index in [1.54, 1.807) is 0 Å². The van der Waals surface area contributed by atoms with E-state index in [1.807, 2.05) is 7.05 Å². The summed E-state index contributed by atoms with van der Waals surface area (Å²) in [4.78, 5) is 45.3. The molecule has 6 N–H and O–H groups in total. The molecule has 4 amide bonds. The Bertz CT molecular complexity index is 1100. The number of hydrogen-bond acceptors (Lipinski definition) is 13. The first kappa shape index (κ1) is 47.1. The summed E-state index contributed by atoms with van der Waals surface area (Å²) in [6.45, 7) is 7.66. The molecular formula is C28H54Cl3N10O9PS. The number of aliphatic hydroxyl groups excluding tert-OH is 4. The molecule has 0 unspecified atom stereocenters. The van der Waals surface area contributed by atoms with Gasteiger partial charge in [0, 0.05) is 83.1 Å². The molecule has 5 rings (SSSR count). The van der Waals surface area contributed by atoms with Crippen molar-refractivity contribution in [3.05, 3.63) is 9.81 Å². The SMILES string of the molecule is CN(CCCl)CCCl.CN(N=O)C(=O)N[C@@H]1[C@@H](O)[C@H](O)[C@@H](CO)O[C@@H]1O.O=NN(CCCl)C(=O)NC1CCCCC1.S=P(N1CC1)(N1CC1)N1CC1. The van der Waals surface area contributed by atoms with Crippen molar-refractivity contribution >= 4 is 65.2 Å². The number of carbonyl (C=O) groups excluding carboxylic acids is 2. The van der Waals surface area contributed by atoms with Gasteiger partial charge in [0.1, 0.15) is 30.8 Å². The Labute approximate surface area is 324 Å². The molecule has 19 nitrogen and oxygen atoms in total. The number of alkyl halides is 3. The van der Waals surface area contributed by atoms with E-state index in [0.717, 1.165) is 50.8 Å². The number of nitrogens with one attached hydrogen (secondary N) is 2. The second-order valence-corrected chi connectivity index (χ2v) is 17.9. The maximum Gasteiger partial charge on any atom is 0.340 e. The molecule has 4 aliphatic heterocycles. The number of halogens is 3. The minimum absolute atomic E-state index is 0.156. The molecule has 4 saturated heterocycles. The Morgan fingerprint density at radius 2 is 1.31 bits per heavy atom. The summed E-state index contributed by atoms with van der Waals surface area (Å²) in [5, 5.41) is 48.6. The molecule has 0 aromatic rings. The first-order valence-corrected chi connectivity index (χ1v) is 21.4. The molecule has 0 aromatic heterocycles. The van der Waals surface area contributed by atoms with Crippen molar-refractivity contribution in [1.82, 2.24) is 39.6 Å². The van der Waals surface area contributed by atoms with Crippen LogP contribution >= 0.6 is 41.3 Å². The van der Waals surface area contributed by atoms with E-state index >= 15 is 0 Å². The zero-order valence-electron chi connectivity index (χ0n) is 29.6. The highest BCUT2D eigenvalue weighted by Gasteiger charge is 2.51. The molecular weight excluding hydrogens is 790 g/mol. The van der Waals surface area contributed by atoms with E-state index in [1.165, 1.54) is 45.7 Å². The third kappa shape index (κ3) is 15.6. The molecule has 4 heterocycles. The van der Waals surface area contributed by atoms with Gasteiger partial charge in [-0.15, -0.1) is 44.6 Å². The maximum atomic E-state index is 11.5. The van der Waals surface area contributed by atoms with Crippen LogP contribution in [0, 0.1) is 9.81 Å². The molecule has 24 heteroatoms. The summed E-state index contributed by atoms with van der Waals surface area (Å²) in [6, 6.07) is -2.57. The fraction of sp³-hybridized carbons (Fsp3) is 0.929. The minimum Gasteiger partial charge on any atom is -0.394 e. The van der Waals surface area contributed by atoms with Crippen LogP contribution in [0.5, 0.6) is 0 Å². The lowest BCUT2D eigenvalue weighted by atomic mass is 9.96. The summed E-state index contributed by atoms with van der Waals surface area (Å²) in [5.41, 5.74) is 0. The van der Waals surface area contributed by atoms with E-state index in [0.29, 0.717) is 16.8 Å². The number of hydrogen-bond donors (Lipinski definition) is 6. The second-order valence-electron chi connectivity index (χ2n) is 12.5. The van der Waals surface area contributed by atoms with Gasteiger partial charge in [-0.1, -0.05) is 19.3 Å². The highest BCUT2D eigenvalue weighted by atomic mass is 35.5. The molecule has 52 heavy (non-hydrogen) atoms. The number of nitroso groups, excluding NO2 is 2. The molecule has 5 fully saturated rings. The zero-order valence-corrected chi connectivity index (χ0v) is 33.6. The van der Waals surface area contributed by atoms with Gasteiger partial charge in [0.25, 0.3) is 0 Å². The normalized spacial score (nSPS) is 25.8. The fourth-order valence-corrected chi connectivity index (χ4v) is 10.2. The molecule has 5 aliphatic rings. The van der Waals surface area contributed by atoms with Crippen molar-refractivity contribution < 1.29 is 34.8 Å². The highest BCUT2D eigenvalue weighted by Crippen LogP contribution is 2.65. The standard InChI is InChI=1S/C9H16ClN3O2.C8H15N3O7.C6H12N3PS.C5H11Cl2N/c10-6-7-13(12-15)9(14)11-8-4-2-1-3-5-8;1-11(10-17)8(16)9-4-6(14)5(13)3(2-12)18-7(4)15;11-10(7-1-2-7,8-3-4-8)9-5-6-9;1-8(4-2-6)5-3-7/h8H,1-7H2,(H,11,14);3-7,12-15H,2H2,1H3,(H,9,16);1-6H2;2-5H2,1H3/t;3-,4-,5-,6-,7+;;/m.1../s1. The summed E-state index contributed by atoms with van der Waals surface area (Å²) < 4.78 is 12.3. The Balaban J connectivity index is 0.000000249. The lowest BCUT2D eigenvalue weighted by molar-refractivity contribution is -0.252. The third-order valence-corrected chi connectivity index (χ3v) is 14.5. The molecule has 1 saturated carbocycles. The molecule has 0 bridgehead atoms. The van der Waals surface area contributed by atoms with Gasteiger partial charge in [0.2, 0.25) is 0 Å². The Morgan fingerprint density at radius 1 is 0.808 bits per heavy atom. The van der Waals surface area contributed by atoms with Crippen LogP contribution in [-0.2, 0) is 16.5 Å². The van der Waals surface area contributed by atoms with Crippen LogP contribution in [0.2, 0.25) is 0 Å². The molecule has 5 atom stereocenters. The Hall–Kier alpha value is -1.10. The first-order chi connectivity index (χ1) is 24.8. The number of ether oxygens (including phenoxy) is 1. The topological polar surface area (TPSA) is 226 Å². The van der Waals surface area contributed by atoms with Crippen molar-refractivity contribution in [2.45, 2.75) is 68.8 Å². The van der Waals surface area contributed by atoms with Crippen LogP contribution in [0.1, 0.15) is 32.1 Å². The van der Waals surface area contributed by atoms with Crippen LogP contribution in [0.15, 0.2) is 10.6 Å². The second kappa shape index (κ2) is 24.4. The van der Waals surface area contributed by atoms with Crippen LogP contribution in [0.25, 0.3) is 0 Å². The highest BCUT2D eigenvalue weighted by molar-refractivity contribution is 8.11. The average molecular weight is 844 g/mol. The first-order valence-electron chi connectivity index (χ1n) is 17.1. The van der Waals surface area contributed by atoms with Gasteiger partial charge in [-0.25, -0.2) is 23.6 Å². The van der Waals surface area contributed by atoms with Crippen molar-refractivity contribution in [2.24, 2.45) is 10.6 Å². The van der Waals surface area contributed by atoms with E-state index < -0.39 is 55.8 Å². The number of amides is 4. The summed E-state index contributed by atoms with van der Waals surface area (Å²) in [6.07, 6.45) is -0.380. The van der Waals surface area contributed by atoms with Crippen molar-refractivity contribution in [1.29, 1.82) is 0 Å². The van der Waals surface area contributed by atoms with Gasteiger partial charge in [-0.3, -0.25) is 0 Å². The van der Waals surface area contributed by atoms with E-state index in [9.17, 15) is 34.7 Å². The smallest absolute Gasteiger partial charge is 0.340 e. The van der Waals surface area contributed by atoms with Crippen LogP contribution in [-0.4, -0.2) is 195 Å². The van der Waals surface area contributed by atoms with Crippen molar-refractivity contribution in [2.75, 3.05) is 97.2 Å². The summed E-state index contributed by atoms with van der Waals surface area (Å²) >= 11 is 22.1. The number of rotatable bonds is 14. The third-order valence-electron chi connectivity index (χ3n) is 8.48. The predicted octanol–water partition coefficient (Wildman–Crippen LogP) is 0.914. The average Bonchev–Trinajstić information content (AvgIpc) is 3.96. The molecule has 0 spiro atoms. The Kier molecular flexibility index (Phi) is 22.1. The van der Waals surface area contributed by atoms with Gasteiger partial charge in [-0.05, 0) is 31.7 Å². The summed E-state index contributed by atoms with van der Waals surface area (Å²) in [5.74, 6) is 1.59. The molecule has 0 aromatic carbocycles. The van der Waals surface area contributed by atoms with Gasteiger partial charge < -0.3 is 40.7 Å². The largest absolute Gasteiger partial charge is 0.394 e. The van der Waals surface area contributed by atoms with Gasteiger partial charge >= 0.3 is 12.1 Å². The lowest BCUT2D eigenvalue weighted by Gasteiger charge is -2.40. The van der Waals surface area contributed by atoms with Crippen molar-refractivity contribution in [3.8, 4) is 0 Å². The van der Waals surface area contributed by atoms with E-state index in [2.05, 4.69) is 40.1 Å². The van der Waals surface area contributed by atoms with Crippen LogP contribution < -0.4 is 10.6 Å². The molecule has 1 aliphatic carbocycles. The lowest BCUT2D eigenvalue weighted by Crippen LogP contribution is -2.64. The molecule has 0 radical (unpaired) electrons. The number of nitrogens with zero attached hydrogens (tertiary/aromatic N) is 8. The van der Waals surface area contributed by atoms with Gasteiger partial charge in [0.15, 0.2) is 6.29 Å². The molecule has 302 valence electrons. The van der Waals surface area contributed by atoms with Gasteiger partial charge in [0.05, 0.1) is 23.7 Å². The predicted molar refractivity (Wildman–Crippen MR) is 202 cm³/mol. The van der Waals surface area contributed by atoms with E-state index in [4.69, 9.17) is 56.5 Å².